The van der Waals surface area contributed by atoms with Crippen molar-refractivity contribution in [1.29, 1.82) is 0 Å². The first-order valence-electron chi connectivity index (χ1n) is 8.23. The van der Waals surface area contributed by atoms with Gasteiger partial charge in [-0.2, -0.15) is 0 Å². The van der Waals surface area contributed by atoms with Crippen LogP contribution < -0.4 is 14.7 Å². The summed E-state index contributed by atoms with van der Waals surface area (Å²) in [6, 6.07) is 15.1. The van der Waals surface area contributed by atoms with Crippen molar-refractivity contribution in [2.24, 2.45) is 0 Å². The van der Waals surface area contributed by atoms with Gasteiger partial charge in [0.1, 0.15) is 16.8 Å². The number of hydrogen-bond acceptors (Lipinski definition) is 3. The Labute approximate surface area is 141 Å². The molecular formula is C18H21N2O3P. The van der Waals surface area contributed by atoms with Crippen molar-refractivity contribution in [3.05, 3.63) is 48.5 Å². The third kappa shape index (κ3) is 2.15. The number of hydrogen-bond donors (Lipinski definition) is 1. The van der Waals surface area contributed by atoms with Gasteiger partial charge in [0.15, 0.2) is 0 Å². The molecule has 1 N–H and O–H groups in total. The van der Waals surface area contributed by atoms with Crippen LogP contribution in [0.25, 0.3) is 0 Å². The fraction of sp³-hybridized carbons (Fsp3) is 0.333. The molecule has 126 valence electrons. The molecule has 4 rings (SSSR count). The fourth-order valence-corrected chi connectivity index (χ4v) is 7.39. The van der Waals surface area contributed by atoms with E-state index in [4.69, 9.17) is 4.74 Å². The molecule has 2 heterocycles. The SMILES string of the molecule is COc1cccc(O)c1P1(=O)N(c2ccccc2)CC2CCCN21. The lowest BCUT2D eigenvalue weighted by Crippen LogP contribution is -2.28. The number of anilines is 1. The summed E-state index contributed by atoms with van der Waals surface area (Å²) in [5.74, 6) is 0.512. The first-order chi connectivity index (χ1) is 11.7. The van der Waals surface area contributed by atoms with Crippen LogP contribution in [0.3, 0.4) is 0 Å². The van der Waals surface area contributed by atoms with Gasteiger partial charge in [-0.05, 0) is 37.1 Å². The summed E-state index contributed by atoms with van der Waals surface area (Å²) in [5.41, 5.74) is 0.917. The van der Waals surface area contributed by atoms with Crippen LogP contribution >= 0.6 is 7.44 Å². The molecule has 5 nitrogen and oxygen atoms in total. The number of aromatic hydroxyl groups is 1. The van der Waals surface area contributed by atoms with Crippen LogP contribution in [-0.2, 0) is 4.57 Å². The van der Waals surface area contributed by atoms with Crippen LogP contribution in [0, 0.1) is 0 Å². The summed E-state index contributed by atoms with van der Waals surface area (Å²) in [5, 5.41) is 10.9. The second kappa shape index (κ2) is 5.83. The Kier molecular flexibility index (Phi) is 3.78. The van der Waals surface area contributed by atoms with E-state index in [1.165, 1.54) is 0 Å². The van der Waals surface area contributed by atoms with Gasteiger partial charge in [-0.1, -0.05) is 24.3 Å². The van der Waals surface area contributed by atoms with Crippen molar-refractivity contribution in [2.45, 2.75) is 18.9 Å². The first-order valence-corrected chi connectivity index (χ1v) is 9.84. The highest BCUT2D eigenvalue weighted by molar-refractivity contribution is 7.71. The van der Waals surface area contributed by atoms with Crippen molar-refractivity contribution >= 4 is 18.4 Å². The molecule has 24 heavy (non-hydrogen) atoms. The molecule has 2 aliphatic rings. The molecule has 2 atom stereocenters. The van der Waals surface area contributed by atoms with Crippen molar-refractivity contribution in [3.63, 3.8) is 0 Å². The summed E-state index contributed by atoms with van der Waals surface area (Å²) in [7, 11) is -1.61. The van der Waals surface area contributed by atoms with Crippen LogP contribution in [-0.4, -0.2) is 36.0 Å². The Hall–Kier alpha value is -1.97. The Morgan fingerprint density at radius 3 is 2.71 bits per heavy atom. The number of benzene rings is 2. The number of para-hydroxylation sites is 1. The maximum Gasteiger partial charge on any atom is 0.276 e. The summed E-state index contributed by atoms with van der Waals surface area (Å²) in [6.45, 7) is 1.49. The van der Waals surface area contributed by atoms with Crippen LogP contribution in [0.4, 0.5) is 5.69 Å². The van der Waals surface area contributed by atoms with E-state index in [2.05, 4.69) is 4.67 Å². The number of nitrogens with zero attached hydrogens (tertiary/aromatic N) is 2. The van der Waals surface area contributed by atoms with Crippen LogP contribution in [0.5, 0.6) is 11.5 Å². The fourth-order valence-electron chi connectivity index (χ4n) is 3.89. The standard InChI is InChI=1S/C18H21N2O3P/c1-23-17-11-5-10-16(21)18(17)24(22)19-12-6-9-15(19)13-20(24)14-7-3-2-4-8-14/h2-5,7-8,10-11,15,21H,6,9,12-13H2,1H3. The highest BCUT2D eigenvalue weighted by Gasteiger charge is 2.53. The largest absolute Gasteiger partial charge is 0.507 e. The van der Waals surface area contributed by atoms with Crippen molar-refractivity contribution in [3.8, 4) is 11.5 Å². The van der Waals surface area contributed by atoms with E-state index in [1.54, 1.807) is 25.3 Å². The molecule has 2 unspecified atom stereocenters. The zero-order valence-electron chi connectivity index (χ0n) is 13.6. The maximum atomic E-state index is 14.4. The molecule has 2 aromatic rings. The lowest BCUT2D eigenvalue weighted by atomic mass is 10.2. The predicted octanol–water partition coefficient (Wildman–Crippen LogP) is 3.20. The van der Waals surface area contributed by atoms with E-state index in [1.807, 2.05) is 35.0 Å². The molecule has 2 aromatic carbocycles. The summed E-state index contributed by atoms with van der Waals surface area (Å²) < 4.78 is 23.9. The monoisotopic (exact) mass is 344 g/mol. The Morgan fingerprint density at radius 2 is 1.96 bits per heavy atom. The molecule has 2 aliphatic heterocycles. The number of methoxy groups -OCH3 is 1. The molecule has 2 saturated heterocycles. The quantitative estimate of drug-likeness (QED) is 0.867. The molecule has 0 aliphatic carbocycles. The van der Waals surface area contributed by atoms with E-state index in [0.717, 1.165) is 25.1 Å². The summed E-state index contributed by atoms with van der Waals surface area (Å²) in [4.78, 5) is 0. The Morgan fingerprint density at radius 1 is 1.17 bits per heavy atom. The summed E-state index contributed by atoms with van der Waals surface area (Å²) in [6.07, 6.45) is 2.07. The third-order valence-electron chi connectivity index (χ3n) is 4.95. The molecular weight excluding hydrogens is 323 g/mol. The number of ether oxygens (including phenoxy) is 1. The number of phenolic OH excluding ortho intramolecular Hbond substituents is 1. The van der Waals surface area contributed by atoms with Crippen molar-refractivity contribution < 1.29 is 14.4 Å². The lowest BCUT2D eigenvalue weighted by molar-refractivity contribution is 0.407. The number of rotatable bonds is 3. The third-order valence-corrected chi connectivity index (χ3v) is 8.25. The normalized spacial score (nSPS) is 26.5. The van der Waals surface area contributed by atoms with E-state index >= 15 is 0 Å². The van der Waals surface area contributed by atoms with Gasteiger partial charge in [0, 0.05) is 24.8 Å². The Bertz CT molecular complexity index is 796. The van der Waals surface area contributed by atoms with Gasteiger partial charge in [0.25, 0.3) is 7.44 Å². The first kappa shape index (κ1) is 15.6. The second-order valence-corrected chi connectivity index (χ2v) is 8.78. The van der Waals surface area contributed by atoms with Gasteiger partial charge >= 0.3 is 0 Å². The van der Waals surface area contributed by atoms with Crippen LogP contribution in [0.15, 0.2) is 48.5 Å². The highest BCUT2D eigenvalue weighted by Crippen LogP contribution is 2.64. The van der Waals surface area contributed by atoms with Gasteiger partial charge in [-0.25, -0.2) is 4.67 Å². The zero-order valence-corrected chi connectivity index (χ0v) is 14.5. The molecule has 0 saturated carbocycles. The average molecular weight is 344 g/mol. The van der Waals surface area contributed by atoms with Gasteiger partial charge in [-0.3, -0.25) is 4.57 Å². The number of phenols is 1. The Balaban J connectivity index is 1.93. The minimum Gasteiger partial charge on any atom is -0.507 e. The summed E-state index contributed by atoms with van der Waals surface area (Å²) >= 11 is 0. The molecule has 0 aromatic heterocycles. The molecule has 2 fully saturated rings. The molecule has 0 spiro atoms. The van der Waals surface area contributed by atoms with Crippen LogP contribution in [0.2, 0.25) is 0 Å². The average Bonchev–Trinajstić information content (AvgIpc) is 3.18. The smallest absolute Gasteiger partial charge is 0.276 e. The second-order valence-electron chi connectivity index (χ2n) is 6.25. The molecule has 6 heteroatoms. The minimum absolute atomic E-state index is 0.0335. The molecule has 0 amide bonds. The molecule has 0 radical (unpaired) electrons. The zero-order chi connectivity index (χ0) is 16.7. The topological polar surface area (TPSA) is 53.0 Å². The molecule has 0 bridgehead atoms. The van der Waals surface area contributed by atoms with Gasteiger partial charge in [0.2, 0.25) is 0 Å². The minimum atomic E-state index is -3.16. The van der Waals surface area contributed by atoms with Crippen LogP contribution in [0.1, 0.15) is 12.8 Å². The van der Waals surface area contributed by atoms with E-state index in [0.29, 0.717) is 17.6 Å². The van der Waals surface area contributed by atoms with E-state index < -0.39 is 7.44 Å². The van der Waals surface area contributed by atoms with Crippen molar-refractivity contribution in [2.75, 3.05) is 24.9 Å². The van der Waals surface area contributed by atoms with Crippen molar-refractivity contribution in [1.82, 2.24) is 4.67 Å². The van der Waals surface area contributed by atoms with Gasteiger partial charge in [0.05, 0.1) is 7.11 Å². The number of fused-ring (bicyclic) bond motifs is 1. The predicted molar refractivity (Wildman–Crippen MR) is 95.4 cm³/mol. The highest BCUT2D eigenvalue weighted by atomic mass is 31.2. The maximum absolute atomic E-state index is 14.4. The lowest BCUT2D eigenvalue weighted by Gasteiger charge is -2.32. The van der Waals surface area contributed by atoms with Gasteiger partial charge in [-0.15, -0.1) is 0 Å². The van der Waals surface area contributed by atoms with E-state index in [9.17, 15) is 9.67 Å². The van der Waals surface area contributed by atoms with E-state index in [-0.39, 0.29) is 11.8 Å². The van der Waals surface area contributed by atoms with Gasteiger partial charge < -0.3 is 14.5 Å².